The van der Waals surface area contributed by atoms with Crippen LogP contribution in [0.3, 0.4) is 0 Å². The minimum absolute atomic E-state index is 0.104. The predicted octanol–water partition coefficient (Wildman–Crippen LogP) is 3.77. The zero-order valence-corrected chi connectivity index (χ0v) is 15.8. The Hall–Kier alpha value is -3.28. The Balaban J connectivity index is 1.13. The summed E-state index contributed by atoms with van der Waals surface area (Å²) in [5.41, 5.74) is 3.37. The van der Waals surface area contributed by atoms with Gasteiger partial charge in [0.2, 0.25) is 0 Å². The van der Waals surface area contributed by atoms with Crippen LogP contribution in [0.2, 0.25) is 0 Å². The second-order valence-corrected chi connectivity index (χ2v) is 6.88. The first-order valence-corrected chi connectivity index (χ1v) is 9.77. The number of nitrogens with zero attached hydrogens (tertiary/aromatic N) is 3. The van der Waals surface area contributed by atoms with E-state index in [1.165, 1.54) is 10.9 Å². The lowest BCUT2D eigenvalue weighted by molar-refractivity contribution is 0.240. The normalized spacial score (nSPS) is 11.1. The Morgan fingerprint density at radius 1 is 0.821 bits per heavy atom. The fourth-order valence-electron chi connectivity index (χ4n) is 3.49. The van der Waals surface area contributed by atoms with E-state index in [0.29, 0.717) is 13.1 Å². The summed E-state index contributed by atoms with van der Waals surface area (Å²) in [4.78, 5) is 16.3. The van der Waals surface area contributed by atoms with Crippen LogP contribution in [0.15, 0.2) is 67.1 Å². The molecule has 0 aliphatic rings. The molecule has 0 fully saturated rings. The van der Waals surface area contributed by atoms with E-state index < -0.39 is 0 Å². The van der Waals surface area contributed by atoms with Crippen LogP contribution in [0.25, 0.3) is 21.9 Å². The van der Waals surface area contributed by atoms with Gasteiger partial charge in [-0.15, -0.1) is 0 Å². The molecule has 0 spiro atoms. The fourth-order valence-corrected chi connectivity index (χ4v) is 3.49. The number of para-hydroxylation sites is 3. The third kappa shape index (κ3) is 4.17. The largest absolute Gasteiger partial charge is 0.347 e. The zero-order chi connectivity index (χ0) is 19.2. The third-order valence-electron chi connectivity index (χ3n) is 4.93. The van der Waals surface area contributed by atoms with Crippen LogP contribution >= 0.6 is 0 Å². The van der Waals surface area contributed by atoms with Crippen molar-refractivity contribution in [1.82, 2.24) is 24.8 Å². The molecule has 4 aromatic rings. The summed E-state index contributed by atoms with van der Waals surface area (Å²) in [6.45, 7) is 3.02. The Labute approximate surface area is 164 Å². The number of amides is 2. The molecular formula is C22H25N5O. The van der Waals surface area contributed by atoms with Crippen LogP contribution in [-0.4, -0.2) is 33.2 Å². The number of carbonyl (C=O) groups excluding carboxylic acids is 1. The number of carbonyl (C=O) groups is 1. The highest BCUT2D eigenvalue weighted by Crippen LogP contribution is 2.15. The van der Waals surface area contributed by atoms with E-state index in [1.54, 1.807) is 0 Å². The standard InChI is InChI=1S/C22H25N5O/c28-22(23-12-5-14-26-16-11-18-7-1-3-9-20(18)26)24-13-6-15-27-17-25-19-8-2-4-10-21(19)27/h1-4,7-11,16-17H,5-6,12-15H2,(H2,23,24,28). The van der Waals surface area contributed by atoms with Crippen LogP contribution in [0, 0.1) is 0 Å². The summed E-state index contributed by atoms with van der Waals surface area (Å²) in [5, 5.41) is 7.11. The molecule has 0 bridgehead atoms. The maximum Gasteiger partial charge on any atom is 0.314 e. The van der Waals surface area contributed by atoms with E-state index in [2.05, 4.69) is 61.3 Å². The molecule has 6 heteroatoms. The summed E-state index contributed by atoms with van der Waals surface area (Å²) >= 11 is 0. The summed E-state index contributed by atoms with van der Waals surface area (Å²) in [6, 6.07) is 18.4. The monoisotopic (exact) mass is 375 g/mol. The second kappa shape index (κ2) is 8.61. The topological polar surface area (TPSA) is 63.9 Å². The SMILES string of the molecule is O=C(NCCCn1ccc2ccccc21)NCCCn1cnc2ccccc21. The lowest BCUT2D eigenvalue weighted by Crippen LogP contribution is -2.37. The first kappa shape index (κ1) is 18.1. The van der Waals surface area contributed by atoms with Gasteiger partial charge in [-0.3, -0.25) is 0 Å². The van der Waals surface area contributed by atoms with Crippen molar-refractivity contribution in [2.45, 2.75) is 25.9 Å². The van der Waals surface area contributed by atoms with Crippen molar-refractivity contribution in [3.63, 3.8) is 0 Å². The molecule has 2 heterocycles. The van der Waals surface area contributed by atoms with Gasteiger partial charge < -0.3 is 19.8 Å². The lowest BCUT2D eigenvalue weighted by Gasteiger charge is -2.09. The van der Waals surface area contributed by atoms with Crippen LogP contribution in [0.5, 0.6) is 0 Å². The fraction of sp³-hybridized carbons (Fsp3) is 0.273. The minimum atomic E-state index is -0.104. The molecule has 0 atom stereocenters. The molecule has 2 amide bonds. The van der Waals surface area contributed by atoms with Gasteiger partial charge in [-0.25, -0.2) is 9.78 Å². The van der Waals surface area contributed by atoms with Gasteiger partial charge >= 0.3 is 6.03 Å². The van der Waals surface area contributed by atoms with Crippen molar-refractivity contribution >= 4 is 28.0 Å². The number of hydrogen-bond donors (Lipinski definition) is 2. The van der Waals surface area contributed by atoms with Gasteiger partial charge in [0.05, 0.1) is 17.4 Å². The van der Waals surface area contributed by atoms with Crippen molar-refractivity contribution in [2.75, 3.05) is 13.1 Å². The molecule has 0 aliphatic heterocycles. The van der Waals surface area contributed by atoms with E-state index in [9.17, 15) is 4.79 Å². The Morgan fingerprint density at radius 3 is 2.32 bits per heavy atom. The van der Waals surface area contributed by atoms with Gasteiger partial charge in [0, 0.05) is 37.9 Å². The van der Waals surface area contributed by atoms with Crippen molar-refractivity contribution < 1.29 is 4.79 Å². The van der Waals surface area contributed by atoms with Crippen LogP contribution < -0.4 is 10.6 Å². The van der Waals surface area contributed by atoms with E-state index in [1.807, 2.05) is 30.6 Å². The Kier molecular flexibility index (Phi) is 5.56. The maximum atomic E-state index is 11.9. The Bertz CT molecular complexity index is 981. The highest BCUT2D eigenvalue weighted by Gasteiger charge is 2.03. The molecule has 2 aromatic heterocycles. The van der Waals surface area contributed by atoms with Crippen LogP contribution in [0.4, 0.5) is 4.79 Å². The molecule has 6 nitrogen and oxygen atoms in total. The average molecular weight is 375 g/mol. The number of benzene rings is 2. The first-order chi connectivity index (χ1) is 13.8. The van der Waals surface area contributed by atoms with E-state index in [4.69, 9.17) is 0 Å². The molecule has 0 saturated heterocycles. The number of urea groups is 1. The highest BCUT2D eigenvalue weighted by atomic mass is 16.2. The van der Waals surface area contributed by atoms with Gasteiger partial charge in [-0.2, -0.15) is 0 Å². The van der Waals surface area contributed by atoms with Gasteiger partial charge in [-0.05, 0) is 42.5 Å². The quantitative estimate of drug-likeness (QED) is 0.461. The minimum Gasteiger partial charge on any atom is -0.347 e. The highest BCUT2D eigenvalue weighted by molar-refractivity contribution is 5.80. The maximum absolute atomic E-state index is 11.9. The Morgan fingerprint density at radius 2 is 1.50 bits per heavy atom. The summed E-state index contributed by atoms with van der Waals surface area (Å²) in [5.74, 6) is 0. The van der Waals surface area contributed by atoms with Crippen molar-refractivity contribution in [2.24, 2.45) is 0 Å². The predicted molar refractivity (Wildman–Crippen MR) is 112 cm³/mol. The van der Waals surface area contributed by atoms with Gasteiger partial charge in [0.15, 0.2) is 0 Å². The molecule has 0 saturated carbocycles. The van der Waals surface area contributed by atoms with E-state index >= 15 is 0 Å². The molecule has 2 aromatic carbocycles. The number of fused-ring (bicyclic) bond motifs is 2. The summed E-state index contributed by atoms with van der Waals surface area (Å²) < 4.78 is 4.35. The van der Waals surface area contributed by atoms with Gasteiger partial charge in [0.25, 0.3) is 0 Å². The van der Waals surface area contributed by atoms with Crippen molar-refractivity contribution in [3.8, 4) is 0 Å². The number of aromatic nitrogens is 3. The number of rotatable bonds is 8. The number of imidazole rings is 1. The zero-order valence-electron chi connectivity index (χ0n) is 15.8. The van der Waals surface area contributed by atoms with Crippen LogP contribution in [-0.2, 0) is 13.1 Å². The van der Waals surface area contributed by atoms with Crippen LogP contribution in [0.1, 0.15) is 12.8 Å². The molecule has 0 unspecified atom stereocenters. The summed E-state index contributed by atoms with van der Waals surface area (Å²) in [6.07, 6.45) is 5.72. The number of nitrogens with one attached hydrogen (secondary N) is 2. The molecule has 4 rings (SSSR count). The smallest absolute Gasteiger partial charge is 0.314 e. The summed E-state index contributed by atoms with van der Waals surface area (Å²) in [7, 11) is 0. The molecule has 2 N–H and O–H groups in total. The van der Waals surface area contributed by atoms with Crippen molar-refractivity contribution in [3.05, 3.63) is 67.1 Å². The van der Waals surface area contributed by atoms with Crippen molar-refractivity contribution in [1.29, 1.82) is 0 Å². The second-order valence-electron chi connectivity index (χ2n) is 6.88. The lowest BCUT2D eigenvalue weighted by atomic mass is 10.2. The number of aryl methyl sites for hydroxylation is 2. The molecular weight excluding hydrogens is 350 g/mol. The molecule has 144 valence electrons. The average Bonchev–Trinajstić information content (AvgIpc) is 3.33. The van der Waals surface area contributed by atoms with Gasteiger partial charge in [-0.1, -0.05) is 30.3 Å². The molecule has 0 radical (unpaired) electrons. The van der Waals surface area contributed by atoms with E-state index in [-0.39, 0.29) is 6.03 Å². The molecule has 28 heavy (non-hydrogen) atoms. The van der Waals surface area contributed by atoms with Gasteiger partial charge in [0.1, 0.15) is 0 Å². The number of hydrogen-bond acceptors (Lipinski definition) is 2. The third-order valence-corrected chi connectivity index (χ3v) is 4.93. The first-order valence-electron chi connectivity index (χ1n) is 9.77. The van der Waals surface area contributed by atoms with E-state index in [0.717, 1.165) is 37.0 Å². The molecule has 0 aliphatic carbocycles.